The molecule has 0 aromatic carbocycles. The number of hydrogen-bond donors (Lipinski definition) is 1. The van der Waals surface area contributed by atoms with Crippen LogP contribution >= 0.6 is 11.3 Å². The number of carbonyl (C=O) groups excluding carboxylic acids is 1. The van der Waals surface area contributed by atoms with Crippen LogP contribution < -0.4 is 10.6 Å². The summed E-state index contributed by atoms with van der Waals surface area (Å²) in [6, 6.07) is 2.39. The van der Waals surface area contributed by atoms with E-state index in [1.165, 1.54) is 31.3 Å². The first-order valence-corrected chi connectivity index (χ1v) is 7.23. The number of ether oxygens (including phenoxy) is 1. The highest BCUT2D eigenvalue weighted by Gasteiger charge is 2.28. The molecule has 0 aliphatic carbocycles. The van der Waals surface area contributed by atoms with Gasteiger partial charge < -0.3 is 20.3 Å². The van der Waals surface area contributed by atoms with Crippen LogP contribution in [-0.4, -0.2) is 51.2 Å². The molecule has 19 heavy (non-hydrogen) atoms. The standard InChI is InChI=1S/C13H21N3O2S/c1-15(2)8-9-5-4-6-16(9)11-7-10(14)12(19-11)13(17)18-3/h7,9H,4-6,8,14H2,1-3H3. The first kappa shape index (κ1) is 14.1. The first-order chi connectivity index (χ1) is 9.02. The van der Waals surface area contributed by atoms with Gasteiger partial charge in [0.1, 0.15) is 4.88 Å². The van der Waals surface area contributed by atoms with Gasteiger partial charge in [-0.05, 0) is 33.0 Å². The molecule has 1 unspecified atom stereocenters. The molecule has 2 rings (SSSR count). The van der Waals surface area contributed by atoms with Crippen LogP contribution in [0.25, 0.3) is 0 Å². The number of likely N-dealkylation sites (N-methyl/N-ethyl adjacent to an activating group) is 1. The molecule has 5 nitrogen and oxygen atoms in total. The zero-order valence-corrected chi connectivity index (χ0v) is 12.5. The van der Waals surface area contributed by atoms with Crippen molar-refractivity contribution in [3.05, 3.63) is 10.9 Å². The Hall–Kier alpha value is -1.27. The molecule has 1 fully saturated rings. The summed E-state index contributed by atoms with van der Waals surface area (Å²) >= 11 is 1.43. The number of anilines is 2. The topological polar surface area (TPSA) is 58.8 Å². The SMILES string of the molecule is COC(=O)c1sc(N2CCCC2CN(C)C)cc1N. The van der Waals surface area contributed by atoms with E-state index in [0.717, 1.165) is 18.1 Å². The molecule has 2 heterocycles. The minimum atomic E-state index is -0.350. The van der Waals surface area contributed by atoms with Crippen LogP contribution in [0, 0.1) is 0 Å². The van der Waals surface area contributed by atoms with Crippen LogP contribution in [0.5, 0.6) is 0 Å². The first-order valence-electron chi connectivity index (χ1n) is 6.42. The monoisotopic (exact) mass is 283 g/mol. The lowest BCUT2D eigenvalue weighted by Crippen LogP contribution is -2.37. The predicted molar refractivity (Wildman–Crippen MR) is 79.0 cm³/mol. The third-order valence-corrected chi connectivity index (χ3v) is 4.52. The van der Waals surface area contributed by atoms with Crippen molar-refractivity contribution in [2.75, 3.05) is 44.9 Å². The van der Waals surface area contributed by atoms with Gasteiger partial charge in [-0.1, -0.05) is 0 Å². The van der Waals surface area contributed by atoms with E-state index in [1.54, 1.807) is 0 Å². The lowest BCUT2D eigenvalue weighted by atomic mass is 10.2. The van der Waals surface area contributed by atoms with Crippen molar-refractivity contribution in [3.8, 4) is 0 Å². The van der Waals surface area contributed by atoms with E-state index in [0.29, 0.717) is 16.6 Å². The smallest absolute Gasteiger partial charge is 0.350 e. The van der Waals surface area contributed by atoms with Crippen molar-refractivity contribution in [3.63, 3.8) is 0 Å². The summed E-state index contributed by atoms with van der Waals surface area (Å²) in [6.45, 7) is 2.05. The quantitative estimate of drug-likeness (QED) is 0.851. The maximum absolute atomic E-state index is 11.6. The van der Waals surface area contributed by atoms with Crippen LogP contribution in [0.4, 0.5) is 10.7 Å². The molecule has 1 atom stereocenters. The van der Waals surface area contributed by atoms with Crippen LogP contribution in [0.2, 0.25) is 0 Å². The Morgan fingerprint density at radius 3 is 3.00 bits per heavy atom. The molecule has 2 N–H and O–H groups in total. The Balaban J connectivity index is 2.19. The van der Waals surface area contributed by atoms with Gasteiger partial charge in [-0.3, -0.25) is 0 Å². The summed E-state index contributed by atoms with van der Waals surface area (Å²) in [6.07, 6.45) is 2.37. The van der Waals surface area contributed by atoms with Gasteiger partial charge in [0.2, 0.25) is 0 Å². The molecule has 1 aromatic heterocycles. The Labute approximate surface area is 117 Å². The number of esters is 1. The summed E-state index contributed by atoms with van der Waals surface area (Å²) in [4.78, 5) is 16.7. The minimum Gasteiger partial charge on any atom is -0.465 e. The molecule has 0 spiro atoms. The fraction of sp³-hybridized carbons (Fsp3) is 0.615. The number of hydrogen-bond acceptors (Lipinski definition) is 6. The van der Waals surface area contributed by atoms with Crippen LogP contribution in [0.3, 0.4) is 0 Å². The van der Waals surface area contributed by atoms with E-state index in [2.05, 4.69) is 23.9 Å². The third kappa shape index (κ3) is 3.01. The normalized spacial score (nSPS) is 19.2. The van der Waals surface area contributed by atoms with Gasteiger partial charge in [0.25, 0.3) is 0 Å². The molecule has 1 saturated heterocycles. The molecule has 0 amide bonds. The molecule has 1 aliphatic heterocycles. The van der Waals surface area contributed by atoms with Gasteiger partial charge >= 0.3 is 5.97 Å². The van der Waals surface area contributed by atoms with Crippen LogP contribution in [0.1, 0.15) is 22.5 Å². The van der Waals surface area contributed by atoms with Crippen molar-refractivity contribution in [1.29, 1.82) is 0 Å². The molecule has 1 aromatic rings. The summed E-state index contributed by atoms with van der Waals surface area (Å²) < 4.78 is 4.75. The van der Waals surface area contributed by atoms with Crippen molar-refractivity contribution >= 4 is 28.0 Å². The molecular formula is C13H21N3O2S. The fourth-order valence-corrected chi connectivity index (χ4v) is 3.62. The molecule has 1 aliphatic rings. The Bertz CT molecular complexity index is 459. The van der Waals surface area contributed by atoms with Crippen molar-refractivity contribution in [1.82, 2.24) is 4.90 Å². The summed E-state index contributed by atoms with van der Waals surface area (Å²) in [7, 11) is 5.55. The molecule has 0 bridgehead atoms. The maximum Gasteiger partial charge on any atom is 0.350 e. The highest BCUT2D eigenvalue weighted by atomic mass is 32.1. The van der Waals surface area contributed by atoms with Gasteiger partial charge in [-0.2, -0.15) is 0 Å². The minimum absolute atomic E-state index is 0.350. The number of carbonyl (C=O) groups is 1. The number of thiophene rings is 1. The summed E-state index contributed by atoms with van der Waals surface area (Å²) in [5, 5.41) is 1.07. The number of nitrogens with two attached hydrogens (primary N) is 1. The van der Waals surface area contributed by atoms with Crippen LogP contribution in [-0.2, 0) is 4.74 Å². The number of methoxy groups -OCH3 is 1. The molecule has 6 heteroatoms. The van der Waals surface area contributed by atoms with Gasteiger partial charge in [-0.25, -0.2) is 4.79 Å². The number of rotatable bonds is 4. The van der Waals surface area contributed by atoms with Crippen LogP contribution in [0.15, 0.2) is 6.07 Å². The zero-order valence-electron chi connectivity index (χ0n) is 11.7. The lowest BCUT2D eigenvalue weighted by molar-refractivity contribution is 0.0607. The third-order valence-electron chi connectivity index (χ3n) is 3.35. The zero-order chi connectivity index (χ0) is 14.0. The van der Waals surface area contributed by atoms with Crippen molar-refractivity contribution in [2.45, 2.75) is 18.9 Å². The predicted octanol–water partition coefficient (Wildman–Crippen LogP) is 1.65. The van der Waals surface area contributed by atoms with Gasteiger partial charge in [0.15, 0.2) is 0 Å². The summed E-state index contributed by atoms with van der Waals surface area (Å²) in [5.74, 6) is -0.350. The molecular weight excluding hydrogens is 262 g/mol. The van der Waals surface area contributed by atoms with E-state index in [1.807, 2.05) is 6.07 Å². The second-order valence-corrected chi connectivity index (χ2v) is 6.14. The largest absolute Gasteiger partial charge is 0.465 e. The van der Waals surface area contributed by atoms with Gasteiger partial charge in [0.05, 0.1) is 17.8 Å². The van der Waals surface area contributed by atoms with Crippen molar-refractivity contribution in [2.24, 2.45) is 0 Å². The Kier molecular flexibility index (Phi) is 4.31. The number of nitrogen functional groups attached to an aromatic ring is 1. The second-order valence-electron chi connectivity index (χ2n) is 5.11. The van der Waals surface area contributed by atoms with E-state index in [-0.39, 0.29) is 5.97 Å². The van der Waals surface area contributed by atoms with Gasteiger partial charge in [0, 0.05) is 19.1 Å². The summed E-state index contributed by atoms with van der Waals surface area (Å²) in [5.41, 5.74) is 6.42. The number of nitrogens with zero attached hydrogens (tertiary/aromatic N) is 2. The van der Waals surface area contributed by atoms with Gasteiger partial charge in [-0.15, -0.1) is 11.3 Å². The average molecular weight is 283 g/mol. The average Bonchev–Trinajstić information content (AvgIpc) is 2.94. The lowest BCUT2D eigenvalue weighted by Gasteiger charge is -2.27. The maximum atomic E-state index is 11.6. The molecule has 0 radical (unpaired) electrons. The van der Waals surface area contributed by atoms with E-state index >= 15 is 0 Å². The molecule has 106 valence electrons. The Morgan fingerprint density at radius 1 is 1.63 bits per heavy atom. The van der Waals surface area contributed by atoms with E-state index in [4.69, 9.17) is 10.5 Å². The highest BCUT2D eigenvalue weighted by molar-refractivity contribution is 7.18. The molecule has 0 saturated carbocycles. The Morgan fingerprint density at radius 2 is 2.37 bits per heavy atom. The van der Waals surface area contributed by atoms with E-state index in [9.17, 15) is 4.79 Å². The van der Waals surface area contributed by atoms with Crippen molar-refractivity contribution < 1.29 is 9.53 Å². The highest BCUT2D eigenvalue weighted by Crippen LogP contribution is 2.36. The van der Waals surface area contributed by atoms with E-state index < -0.39 is 0 Å². The fourth-order valence-electron chi connectivity index (χ4n) is 2.52. The second kappa shape index (κ2) is 5.79.